The van der Waals surface area contributed by atoms with Crippen LogP contribution < -0.4 is 0 Å². The van der Waals surface area contributed by atoms with E-state index in [1.54, 1.807) is 0 Å². The minimum Gasteiger partial charge on any atom is -0.303 e. The molecule has 0 radical (unpaired) electrons. The Kier molecular flexibility index (Phi) is 4.42. The second-order valence-electron chi connectivity index (χ2n) is 6.43. The molecule has 2 aliphatic heterocycles. The molecule has 2 heterocycles. The van der Waals surface area contributed by atoms with Crippen molar-refractivity contribution in [3.8, 4) is 0 Å². The molecule has 0 atom stereocenters. The normalized spacial score (nSPS) is 26.8. The van der Waals surface area contributed by atoms with E-state index in [1.807, 2.05) is 4.90 Å². The summed E-state index contributed by atoms with van der Waals surface area (Å²) in [6, 6.07) is 0. The number of hydrogen-bond acceptors (Lipinski definition) is 2. The fourth-order valence-corrected chi connectivity index (χ4v) is 3.37. The van der Waals surface area contributed by atoms with Gasteiger partial charge >= 0.3 is 0 Å². The van der Waals surface area contributed by atoms with Crippen molar-refractivity contribution in [3.63, 3.8) is 0 Å². The van der Waals surface area contributed by atoms with E-state index < -0.39 is 0 Å². The molecule has 2 saturated heterocycles. The molecule has 0 unspecified atom stereocenters. The van der Waals surface area contributed by atoms with Gasteiger partial charge in [-0.3, -0.25) is 4.90 Å². The van der Waals surface area contributed by atoms with Crippen LogP contribution in [0.2, 0.25) is 0 Å². The summed E-state index contributed by atoms with van der Waals surface area (Å²) in [7, 11) is 0. The van der Waals surface area contributed by atoms with Gasteiger partial charge in [0.15, 0.2) is 0 Å². The molecular weight excluding hydrogens is 215 g/mol. The van der Waals surface area contributed by atoms with Gasteiger partial charge in [0.05, 0.1) is 0 Å². The number of likely N-dealkylation sites (tertiary alicyclic amines) is 2. The molecule has 2 aliphatic rings. The maximum Gasteiger partial charge on any atom is 0.143 e. The Labute approximate surface area is 105 Å². The van der Waals surface area contributed by atoms with Gasteiger partial charge in [-0.25, -0.2) is 4.39 Å². The van der Waals surface area contributed by atoms with Crippen LogP contribution >= 0.6 is 0 Å². The van der Waals surface area contributed by atoms with Gasteiger partial charge in [0, 0.05) is 19.6 Å². The van der Waals surface area contributed by atoms with Crippen LogP contribution in [-0.2, 0) is 0 Å². The first-order chi connectivity index (χ1) is 8.13. The van der Waals surface area contributed by atoms with Crippen molar-refractivity contribution in [2.45, 2.75) is 39.5 Å². The Bertz CT molecular complexity index is 224. The van der Waals surface area contributed by atoms with Crippen LogP contribution in [0.4, 0.5) is 4.39 Å². The predicted octanol–water partition coefficient (Wildman–Crippen LogP) is 2.75. The standard InChI is InChI=1S/C14H27FN2/c1-13(2)11-16-7-3-14(4-8-16)5-9-17(12-15)10-6-14/h13H,3-12H2,1-2H3. The Morgan fingerprint density at radius 2 is 1.41 bits per heavy atom. The van der Waals surface area contributed by atoms with Crippen LogP contribution in [0.25, 0.3) is 0 Å². The highest BCUT2D eigenvalue weighted by molar-refractivity contribution is 4.90. The molecule has 0 saturated carbocycles. The number of hydrogen-bond donors (Lipinski definition) is 0. The zero-order valence-corrected chi connectivity index (χ0v) is 11.4. The third-order valence-corrected chi connectivity index (χ3v) is 4.63. The summed E-state index contributed by atoms with van der Waals surface area (Å²) in [4.78, 5) is 4.56. The molecule has 3 heteroatoms. The molecule has 0 aromatic heterocycles. The van der Waals surface area contributed by atoms with E-state index in [0.717, 1.165) is 19.0 Å². The Morgan fingerprint density at radius 1 is 0.941 bits per heavy atom. The molecular formula is C14H27FN2. The second-order valence-corrected chi connectivity index (χ2v) is 6.43. The third kappa shape index (κ3) is 3.41. The zero-order valence-electron chi connectivity index (χ0n) is 11.4. The van der Waals surface area contributed by atoms with E-state index in [1.165, 1.54) is 45.3 Å². The number of alkyl halides is 1. The highest BCUT2D eigenvalue weighted by atomic mass is 19.1. The molecule has 1 spiro atoms. The summed E-state index contributed by atoms with van der Waals surface area (Å²) in [6.45, 7) is 10.0. The number of nitrogens with zero attached hydrogens (tertiary/aromatic N) is 2. The average Bonchev–Trinajstić information content (AvgIpc) is 2.33. The van der Waals surface area contributed by atoms with Gasteiger partial charge in [-0.2, -0.15) is 0 Å². The molecule has 100 valence electrons. The maximum atomic E-state index is 12.6. The first-order valence-corrected chi connectivity index (χ1v) is 7.14. The Hall–Kier alpha value is -0.150. The van der Waals surface area contributed by atoms with Crippen molar-refractivity contribution < 1.29 is 4.39 Å². The Morgan fingerprint density at radius 3 is 1.82 bits per heavy atom. The molecule has 0 aromatic rings. The zero-order chi connectivity index (χ0) is 12.3. The summed E-state index contributed by atoms with van der Waals surface area (Å²) in [5.41, 5.74) is 0.555. The lowest BCUT2D eigenvalue weighted by molar-refractivity contribution is 0.0188. The first-order valence-electron chi connectivity index (χ1n) is 7.14. The van der Waals surface area contributed by atoms with Crippen LogP contribution in [0.1, 0.15) is 39.5 Å². The van der Waals surface area contributed by atoms with Crippen LogP contribution in [0.15, 0.2) is 0 Å². The summed E-state index contributed by atoms with van der Waals surface area (Å²) >= 11 is 0. The topological polar surface area (TPSA) is 6.48 Å². The molecule has 2 rings (SSSR count). The minimum absolute atomic E-state index is 0.254. The van der Waals surface area contributed by atoms with Crippen LogP contribution in [0.5, 0.6) is 0 Å². The monoisotopic (exact) mass is 242 g/mol. The van der Waals surface area contributed by atoms with Crippen molar-refractivity contribution >= 4 is 0 Å². The van der Waals surface area contributed by atoms with E-state index in [0.29, 0.717) is 5.41 Å². The van der Waals surface area contributed by atoms with E-state index in [2.05, 4.69) is 18.7 Å². The SMILES string of the molecule is CC(C)CN1CCC2(CCN(CF)CC2)CC1. The Balaban J connectivity index is 1.78. The average molecular weight is 242 g/mol. The number of rotatable bonds is 3. The van der Waals surface area contributed by atoms with Crippen molar-refractivity contribution in [2.75, 3.05) is 39.5 Å². The van der Waals surface area contributed by atoms with Crippen molar-refractivity contribution in [2.24, 2.45) is 11.3 Å². The van der Waals surface area contributed by atoms with Gasteiger partial charge in [0.1, 0.15) is 6.80 Å². The predicted molar refractivity (Wildman–Crippen MR) is 69.7 cm³/mol. The molecule has 0 aromatic carbocycles. The highest BCUT2D eigenvalue weighted by Crippen LogP contribution is 2.41. The summed E-state index contributed by atoms with van der Waals surface area (Å²) < 4.78 is 12.6. The van der Waals surface area contributed by atoms with E-state index >= 15 is 0 Å². The second kappa shape index (κ2) is 5.66. The summed E-state index contributed by atoms with van der Waals surface area (Å²) in [5.74, 6) is 0.775. The van der Waals surface area contributed by atoms with Crippen LogP contribution in [-0.4, -0.2) is 49.3 Å². The summed E-state index contributed by atoms with van der Waals surface area (Å²) in [5, 5.41) is 0. The fraction of sp³-hybridized carbons (Fsp3) is 1.00. The molecule has 2 fully saturated rings. The minimum atomic E-state index is -0.254. The summed E-state index contributed by atoms with van der Waals surface area (Å²) in [6.07, 6.45) is 5.10. The fourth-order valence-electron chi connectivity index (χ4n) is 3.37. The largest absolute Gasteiger partial charge is 0.303 e. The molecule has 2 nitrogen and oxygen atoms in total. The van der Waals surface area contributed by atoms with Crippen LogP contribution in [0.3, 0.4) is 0 Å². The van der Waals surface area contributed by atoms with Gasteiger partial charge in [-0.15, -0.1) is 0 Å². The lowest BCUT2D eigenvalue weighted by atomic mass is 9.71. The quantitative estimate of drug-likeness (QED) is 0.702. The molecule has 0 bridgehead atoms. The van der Waals surface area contributed by atoms with Gasteiger partial charge in [-0.05, 0) is 50.1 Å². The van der Waals surface area contributed by atoms with Gasteiger partial charge in [0.2, 0.25) is 0 Å². The van der Waals surface area contributed by atoms with Crippen molar-refractivity contribution in [3.05, 3.63) is 0 Å². The molecule has 17 heavy (non-hydrogen) atoms. The van der Waals surface area contributed by atoms with Gasteiger partial charge < -0.3 is 4.90 Å². The molecule has 0 N–H and O–H groups in total. The lowest BCUT2D eigenvalue weighted by Gasteiger charge is -2.46. The smallest absolute Gasteiger partial charge is 0.143 e. The lowest BCUT2D eigenvalue weighted by Crippen LogP contribution is -2.47. The number of halogens is 1. The first kappa shape index (κ1) is 13.3. The molecule has 0 amide bonds. The molecule has 0 aliphatic carbocycles. The van der Waals surface area contributed by atoms with E-state index in [9.17, 15) is 4.39 Å². The van der Waals surface area contributed by atoms with Gasteiger partial charge in [-0.1, -0.05) is 13.8 Å². The van der Waals surface area contributed by atoms with Crippen molar-refractivity contribution in [1.29, 1.82) is 0 Å². The maximum absolute atomic E-state index is 12.6. The van der Waals surface area contributed by atoms with E-state index in [4.69, 9.17) is 0 Å². The van der Waals surface area contributed by atoms with Crippen molar-refractivity contribution in [1.82, 2.24) is 9.80 Å². The number of piperidine rings is 2. The third-order valence-electron chi connectivity index (χ3n) is 4.63. The van der Waals surface area contributed by atoms with Gasteiger partial charge in [0.25, 0.3) is 0 Å². The van der Waals surface area contributed by atoms with E-state index in [-0.39, 0.29) is 6.80 Å². The van der Waals surface area contributed by atoms with Crippen LogP contribution in [0, 0.1) is 11.3 Å². The highest BCUT2D eigenvalue weighted by Gasteiger charge is 2.37.